The van der Waals surface area contributed by atoms with E-state index in [1.807, 2.05) is 30.3 Å². The lowest BCUT2D eigenvalue weighted by Crippen LogP contribution is -2.13. The molecule has 2 N–H and O–H groups in total. The van der Waals surface area contributed by atoms with Crippen molar-refractivity contribution in [3.63, 3.8) is 0 Å². The molecule has 0 spiro atoms. The van der Waals surface area contributed by atoms with Crippen molar-refractivity contribution in [1.82, 2.24) is 4.98 Å². The van der Waals surface area contributed by atoms with E-state index in [0.29, 0.717) is 12.3 Å². The summed E-state index contributed by atoms with van der Waals surface area (Å²) in [5, 5.41) is 5.36. The van der Waals surface area contributed by atoms with Crippen molar-refractivity contribution in [2.24, 2.45) is 5.14 Å². The van der Waals surface area contributed by atoms with Crippen LogP contribution >= 0.6 is 0 Å². The molecule has 152 valence electrons. The van der Waals surface area contributed by atoms with E-state index < -0.39 is 21.7 Å². The van der Waals surface area contributed by atoms with Gasteiger partial charge in [-0.15, -0.1) is 0 Å². The van der Waals surface area contributed by atoms with Crippen LogP contribution in [0.25, 0.3) is 22.6 Å². The molecule has 0 fully saturated rings. The largest absolute Gasteiger partial charge is 0.440 e. The monoisotopic (exact) mass is 426 g/mol. The third-order valence-corrected chi connectivity index (χ3v) is 5.47. The summed E-state index contributed by atoms with van der Waals surface area (Å²) in [6.07, 6.45) is 0.328. The Morgan fingerprint density at radius 3 is 2.30 bits per heavy atom. The minimum atomic E-state index is -4.06. The molecular weight excluding hydrogens is 410 g/mol. The van der Waals surface area contributed by atoms with Gasteiger partial charge in [-0.2, -0.15) is 0 Å². The number of primary sulfonamides is 1. The number of aromatic nitrogens is 1. The van der Waals surface area contributed by atoms with E-state index in [1.54, 1.807) is 6.07 Å². The van der Waals surface area contributed by atoms with E-state index in [0.717, 1.165) is 17.7 Å². The van der Waals surface area contributed by atoms with Crippen molar-refractivity contribution >= 4 is 10.0 Å². The summed E-state index contributed by atoms with van der Waals surface area (Å²) < 4.78 is 57.4. The first-order valence-corrected chi connectivity index (χ1v) is 10.5. The van der Waals surface area contributed by atoms with Crippen LogP contribution in [0, 0.1) is 11.6 Å². The molecule has 0 saturated carbocycles. The van der Waals surface area contributed by atoms with Gasteiger partial charge in [-0.05, 0) is 29.8 Å². The Kier molecular flexibility index (Phi) is 5.19. The summed E-state index contributed by atoms with van der Waals surface area (Å²) in [6.45, 7) is 0. The third-order valence-electron chi connectivity index (χ3n) is 4.50. The first-order chi connectivity index (χ1) is 14.3. The summed E-state index contributed by atoms with van der Waals surface area (Å²) in [5.41, 5.74) is 1.53. The van der Waals surface area contributed by atoms with Crippen LogP contribution in [0.4, 0.5) is 8.78 Å². The Morgan fingerprint density at radius 2 is 1.60 bits per heavy atom. The Balaban J connectivity index is 1.92. The topological polar surface area (TPSA) is 86.2 Å². The molecule has 4 rings (SSSR count). The zero-order valence-corrected chi connectivity index (χ0v) is 16.4. The number of rotatable bonds is 5. The summed E-state index contributed by atoms with van der Waals surface area (Å²) in [4.78, 5) is 4.33. The van der Waals surface area contributed by atoms with E-state index in [4.69, 9.17) is 9.56 Å². The second-order valence-electron chi connectivity index (χ2n) is 6.62. The van der Waals surface area contributed by atoms with Gasteiger partial charge in [0, 0.05) is 17.5 Å². The van der Waals surface area contributed by atoms with E-state index in [2.05, 4.69) is 4.98 Å². The van der Waals surface area contributed by atoms with Crippen LogP contribution in [0.2, 0.25) is 0 Å². The molecule has 3 aromatic carbocycles. The fourth-order valence-electron chi connectivity index (χ4n) is 3.14. The maximum atomic E-state index is 13.9. The Hall–Kier alpha value is -3.36. The highest BCUT2D eigenvalue weighted by atomic mass is 32.2. The highest BCUT2D eigenvalue weighted by Gasteiger charge is 2.23. The quantitative estimate of drug-likeness (QED) is 0.508. The van der Waals surface area contributed by atoms with E-state index in [1.165, 1.54) is 24.3 Å². The minimum Gasteiger partial charge on any atom is -0.440 e. The average Bonchev–Trinajstić information content (AvgIpc) is 3.14. The van der Waals surface area contributed by atoms with Crippen LogP contribution in [0.3, 0.4) is 0 Å². The molecule has 30 heavy (non-hydrogen) atoms. The Labute approximate surface area is 171 Å². The van der Waals surface area contributed by atoms with E-state index in [9.17, 15) is 17.2 Å². The normalized spacial score (nSPS) is 11.6. The fourth-order valence-corrected chi connectivity index (χ4v) is 3.88. The molecule has 0 aliphatic heterocycles. The Morgan fingerprint density at radius 1 is 0.900 bits per heavy atom. The third kappa shape index (κ3) is 4.00. The molecule has 0 amide bonds. The smallest absolute Gasteiger partial charge is 0.238 e. The number of hydrogen-bond donors (Lipinski definition) is 1. The highest BCUT2D eigenvalue weighted by molar-refractivity contribution is 7.89. The molecular formula is C22H16F2N2O3S. The minimum absolute atomic E-state index is 0.121. The number of nitrogens with two attached hydrogens (primary N) is 1. The van der Waals surface area contributed by atoms with Crippen LogP contribution in [-0.4, -0.2) is 13.4 Å². The van der Waals surface area contributed by atoms with Gasteiger partial charge in [0.2, 0.25) is 10.0 Å². The van der Waals surface area contributed by atoms with Crippen LogP contribution in [0.15, 0.2) is 82.1 Å². The zero-order valence-electron chi connectivity index (χ0n) is 15.5. The van der Waals surface area contributed by atoms with Crippen molar-refractivity contribution in [2.75, 3.05) is 0 Å². The molecule has 0 aliphatic carbocycles. The molecule has 5 nitrogen and oxygen atoms in total. The lowest BCUT2D eigenvalue weighted by Gasteiger charge is -2.07. The fraction of sp³-hybridized carbons (Fsp3) is 0.0455. The number of benzene rings is 3. The molecule has 8 heteroatoms. The molecule has 0 saturated heterocycles. The number of halogens is 2. The summed E-state index contributed by atoms with van der Waals surface area (Å²) >= 11 is 0. The standard InChI is InChI=1S/C22H16F2N2O3S/c23-17-11-10-15(13-18(17)24)22-21(16-8-4-5-9-19(16)30(25,27)28)26-20(29-22)12-14-6-2-1-3-7-14/h1-11,13H,12H2,(H2,25,27,28). The van der Waals surface area contributed by atoms with Crippen LogP contribution in [0.5, 0.6) is 0 Å². The van der Waals surface area contributed by atoms with Gasteiger partial charge in [-0.3, -0.25) is 0 Å². The lowest BCUT2D eigenvalue weighted by atomic mass is 10.1. The number of hydrogen-bond acceptors (Lipinski definition) is 4. The van der Waals surface area contributed by atoms with Crippen molar-refractivity contribution in [1.29, 1.82) is 0 Å². The van der Waals surface area contributed by atoms with Gasteiger partial charge in [0.15, 0.2) is 23.3 Å². The molecule has 0 radical (unpaired) electrons. The van der Waals surface area contributed by atoms with Gasteiger partial charge < -0.3 is 4.42 Å². The molecule has 1 aromatic heterocycles. The maximum absolute atomic E-state index is 13.9. The molecule has 1 heterocycles. The average molecular weight is 426 g/mol. The maximum Gasteiger partial charge on any atom is 0.238 e. The number of oxazole rings is 1. The molecule has 0 aliphatic rings. The van der Waals surface area contributed by atoms with Crippen molar-refractivity contribution in [2.45, 2.75) is 11.3 Å². The SMILES string of the molecule is NS(=O)(=O)c1ccccc1-c1nc(Cc2ccccc2)oc1-c1ccc(F)c(F)c1. The van der Waals surface area contributed by atoms with Gasteiger partial charge in [-0.25, -0.2) is 27.3 Å². The number of nitrogens with zero attached hydrogens (tertiary/aromatic N) is 1. The van der Waals surface area contributed by atoms with Crippen LogP contribution in [0.1, 0.15) is 11.5 Å². The van der Waals surface area contributed by atoms with Gasteiger partial charge in [0.1, 0.15) is 5.69 Å². The highest BCUT2D eigenvalue weighted by Crippen LogP contribution is 2.36. The van der Waals surface area contributed by atoms with Crippen molar-refractivity contribution in [3.8, 4) is 22.6 Å². The summed E-state index contributed by atoms with van der Waals surface area (Å²) in [7, 11) is -4.06. The van der Waals surface area contributed by atoms with E-state index >= 15 is 0 Å². The second kappa shape index (κ2) is 7.81. The predicted molar refractivity (Wildman–Crippen MR) is 108 cm³/mol. The van der Waals surface area contributed by atoms with Crippen LogP contribution < -0.4 is 5.14 Å². The lowest BCUT2D eigenvalue weighted by molar-refractivity contribution is 0.504. The van der Waals surface area contributed by atoms with Crippen LogP contribution in [-0.2, 0) is 16.4 Å². The first-order valence-electron chi connectivity index (χ1n) is 8.94. The van der Waals surface area contributed by atoms with Gasteiger partial charge in [-0.1, -0.05) is 48.5 Å². The summed E-state index contributed by atoms with van der Waals surface area (Å²) in [6, 6.07) is 18.7. The van der Waals surface area contributed by atoms with Crippen molar-refractivity contribution in [3.05, 3.63) is 95.9 Å². The first kappa shape index (κ1) is 19.9. The van der Waals surface area contributed by atoms with Crippen molar-refractivity contribution < 1.29 is 21.6 Å². The summed E-state index contributed by atoms with van der Waals surface area (Å²) in [5.74, 6) is -1.65. The predicted octanol–water partition coefficient (Wildman–Crippen LogP) is 4.53. The van der Waals surface area contributed by atoms with Gasteiger partial charge >= 0.3 is 0 Å². The molecule has 0 atom stereocenters. The Bertz CT molecular complexity index is 1320. The molecule has 0 unspecified atom stereocenters. The molecule has 4 aromatic rings. The van der Waals surface area contributed by atoms with Gasteiger partial charge in [0.25, 0.3) is 0 Å². The van der Waals surface area contributed by atoms with E-state index in [-0.39, 0.29) is 27.5 Å². The zero-order chi connectivity index (χ0) is 21.3. The molecule has 0 bridgehead atoms. The number of sulfonamides is 1. The van der Waals surface area contributed by atoms with Gasteiger partial charge in [0.05, 0.1) is 4.90 Å². The second-order valence-corrected chi connectivity index (χ2v) is 8.15.